The molecule has 3 rings (SSSR count). The maximum atomic E-state index is 13.4. The van der Waals surface area contributed by atoms with Gasteiger partial charge in [0.05, 0.1) is 5.52 Å². The number of rotatable bonds is 3. The Hall–Kier alpha value is -2.75. The Kier molecular flexibility index (Phi) is 3.36. The van der Waals surface area contributed by atoms with Gasteiger partial charge in [-0.1, -0.05) is 12.1 Å². The van der Waals surface area contributed by atoms with Crippen molar-refractivity contribution in [2.75, 3.05) is 5.32 Å². The quantitative estimate of drug-likeness (QED) is 0.726. The Morgan fingerprint density at radius 1 is 1.14 bits per heavy atom. The molecule has 0 saturated carbocycles. The van der Waals surface area contributed by atoms with Gasteiger partial charge in [-0.3, -0.25) is 9.78 Å². The van der Waals surface area contributed by atoms with Crippen molar-refractivity contribution in [2.24, 2.45) is 0 Å². The summed E-state index contributed by atoms with van der Waals surface area (Å²) < 4.78 is 13.4. The van der Waals surface area contributed by atoms with Gasteiger partial charge in [-0.2, -0.15) is 0 Å². The van der Waals surface area contributed by atoms with E-state index in [1.807, 2.05) is 12.1 Å². The summed E-state index contributed by atoms with van der Waals surface area (Å²) in [5.41, 5.74) is 2.87. The second-order valence-corrected chi connectivity index (χ2v) is 4.78. The summed E-state index contributed by atoms with van der Waals surface area (Å²) in [5.74, 6) is -0.305. The van der Waals surface area contributed by atoms with E-state index in [0.29, 0.717) is 16.5 Å². The number of Topliss-reactive ketones (excluding diaryl/α,β-unsaturated/α-hetero) is 1. The normalized spacial score (nSPS) is 10.6. The zero-order valence-corrected chi connectivity index (χ0v) is 11.4. The standard InChI is InChI=1S/C17H13FN2O/c1-11(21)12-3-2-4-14(9-12)20-17-7-8-19-16-6-5-13(18)10-15(16)17/h2-10H,1H3,(H,19,20). The number of carbonyl (C=O) groups excluding carboxylic acids is 1. The molecule has 0 aliphatic heterocycles. The van der Waals surface area contributed by atoms with Crippen molar-refractivity contribution in [1.82, 2.24) is 4.98 Å². The minimum absolute atomic E-state index is 0.00396. The molecule has 1 aromatic heterocycles. The first-order valence-electron chi connectivity index (χ1n) is 6.56. The molecule has 0 atom stereocenters. The van der Waals surface area contributed by atoms with Crippen LogP contribution in [0.15, 0.2) is 54.7 Å². The van der Waals surface area contributed by atoms with Crippen LogP contribution < -0.4 is 5.32 Å². The minimum Gasteiger partial charge on any atom is -0.355 e. The molecule has 0 saturated heterocycles. The number of carbonyl (C=O) groups is 1. The van der Waals surface area contributed by atoms with Gasteiger partial charge in [-0.25, -0.2) is 4.39 Å². The highest BCUT2D eigenvalue weighted by atomic mass is 19.1. The first-order valence-corrected chi connectivity index (χ1v) is 6.56. The maximum absolute atomic E-state index is 13.4. The zero-order valence-electron chi connectivity index (χ0n) is 11.4. The van der Waals surface area contributed by atoms with Gasteiger partial charge in [0.15, 0.2) is 5.78 Å². The highest BCUT2D eigenvalue weighted by molar-refractivity contribution is 5.96. The molecule has 0 bridgehead atoms. The van der Waals surface area contributed by atoms with Crippen molar-refractivity contribution < 1.29 is 9.18 Å². The summed E-state index contributed by atoms with van der Waals surface area (Å²) in [4.78, 5) is 15.6. The van der Waals surface area contributed by atoms with E-state index in [9.17, 15) is 9.18 Å². The molecule has 104 valence electrons. The third-order valence-corrected chi connectivity index (χ3v) is 3.25. The smallest absolute Gasteiger partial charge is 0.159 e. The van der Waals surface area contributed by atoms with Gasteiger partial charge in [0.25, 0.3) is 0 Å². The molecular formula is C17H13FN2O. The molecule has 1 heterocycles. The van der Waals surface area contributed by atoms with Crippen LogP contribution in [-0.2, 0) is 0 Å². The first-order chi connectivity index (χ1) is 10.1. The second-order valence-electron chi connectivity index (χ2n) is 4.78. The van der Waals surface area contributed by atoms with E-state index in [-0.39, 0.29) is 11.6 Å². The second kappa shape index (κ2) is 5.32. The van der Waals surface area contributed by atoms with Crippen LogP contribution in [-0.4, -0.2) is 10.8 Å². The lowest BCUT2D eigenvalue weighted by atomic mass is 10.1. The molecular weight excluding hydrogens is 267 g/mol. The Labute approximate surface area is 121 Å². The fraction of sp³-hybridized carbons (Fsp3) is 0.0588. The molecule has 0 spiro atoms. The van der Waals surface area contributed by atoms with Gasteiger partial charge in [0, 0.05) is 28.5 Å². The summed E-state index contributed by atoms with van der Waals surface area (Å²) in [5, 5.41) is 3.91. The van der Waals surface area contributed by atoms with E-state index in [1.165, 1.54) is 19.1 Å². The molecule has 0 aliphatic carbocycles. The minimum atomic E-state index is -0.309. The monoisotopic (exact) mass is 280 g/mol. The number of aromatic nitrogens is 1. The van der Waals surface area contributed by atoms with Crippen LogP contribution in [0.4, 0.5) is 15.8 Å². The topological polar surface area (TPSA) is 42.0 Å². The molecule has 0 amide bonds. The van der Waals surface area contributed by atoms with Gasteiger partial charge in [-0.05, 0) is 43.3 Å². The van der Waals surface area contributed by atoms with Crippen LogP contribution in [0.3, 0.4) is 0 Å². The Morgan fingerprint density at radius 3 is 2.81 bits per heavy atom. The molecule has 3 nitrogen and oxygen atoms in total. The zero-order chi connectivity index (χ0) is 14.8. The van der Waals surface area contributed by atoms with Crippen molar-refractivity contribution in [3.8, 4) is 0 Å². The van der Waals surface area contributed by atoms with Crippen molar-refractivity contribution in [3.63, 3.8) is 0 Å². The summed E-state index contributed by atoms with van der Waals surface area (Å²) in [6, 6.07) is 13.5. The van der Waals surface area contributed by atoms with Gasteiger partial charge < -0.3 is 5.32 Å². The SMILES string of the molecule is CC(=O)c1cccc(Nc2ccnc3ccc(F)cc23)c1. The van der Waals surface area contributed by atoms with E-state index in [4.69, 9.17) is 0 Å². The Bertz CT molecular complexity index is 830. The third-order valence-electron chi connectivity index (χ3n) is 3.25. The number of anilines is 2. The van der Waals surface area contributed by atoms with Crippen LogP contribution >= 0.6 is 0 Å². The number of ketones is 1. The third kappa shape index (κ3) is 2.74. The van der Waals surface area contributed by atoms with E-state index >= 15 is 0 Å². The van der Waals surface area contributed by atoms with Crippen LogP contribution in [0.25, 0.3) is 10.9 Å². The number of benzene rings is 2. The van der Waals surface area contributed by atoms with E-state index in [1.54, 1.807) is 30.5 Å². The van der Waals surface area contributed by atoms with Gasteiger partial charge in [-0.15, -0.1) is 0 Å². The molecule has 2 aromatic carbocycles. The lowest BCUT2D eigenvalue weighted by Gasteiger charge is -2.10. The van der Waals surface area contributed by atoms with Crippen molar-refractivity contribution >= 4 is 28.1 Å². The van der Waals surface area contributed by atoms with Gasteiger partial charge in [0.1, 0.15) is 5.82 Å². The number of hydrogen-bond donors (Lipinski definition) is 1. The van der Waals surface area contributed by atoms with E-state index < -0.39 is 0 Å². The predicted octanol–water partition coefficient (Wildman–Crippen LogP) is 4.32. The van der Waals surface area contributed by atoms with Crippen molar-refractivity contribution in [1.29, 1.82) is 0 Å². The Balaban J connectivity index is 2.04. The van der Waals surface area contributed by atoms with Gasteiger partial charge in [0.2, 0.25) is 0 Å². The molecule has 0 radical (unpaired) electrons. The summed E-state index contributed by atoms with van der Waals surface area (Å²) in [6.07, 6.45) is 1.66. The van der Waals surface area contributed by atoms with Crippen molar-refractivity contribution in [3.05, 3.63) is 66.1 Å². The number of nitrogens with zero attached hydrogens (tertiary/aromatic N) is 1. The van der Waals surface area contributed by atoms with Gasteiger partial charge >= 0.3 is 0 Å². The van der Waals surface area contributed by atoms with Crippen LogP contribution in [0.5, 0.6) is 0 Å². The highest BCUT2D eigenvalue weighted by Crippen LogP contribution is 2.26. The van der Waals surface area contributed by atoms with E-state index in [2.05, 4.69) is 10.3 Å². The van der Waals surface area contributed by atoms with E-state index in [0.717, 1.165) is 11.4 Å². The number of fused-ring (bicyclic) bond motifs is 1. The summed E-state index contributed by atoms with van der Waals surface area (Å²) in [7, 11) is 0. The number of nitrogens with one attached hydrogen (secondary N) is 1. The fourth-order valence-electron chi connectivity index (χ4n) is 2.20. The number of halogens is 1. The highest BCUT2D eigenvalue weighted by Gasteiger charge is 2.05. The lowest BCUT2D eigenvalue weighted by molar-refractivity contribution is 0.101. The predicted molar refractivity (Wildman–Crippen MR) is 81.4 cm³/mol. The lowest BCUT2D eigenvalue weighted by Crippen LogP contribution is -1.96. The number of pyridine rings is 1. The molecule has 0 fully saturated rings. The van der Waals surface area contributed by atoms with Crippen LogP contribution in [0, 0.1) is 5.82 Å². The van der Waals surface area contributed by atoms with Crippen molar-refractivity contribution in [2.45, 2.75) is 6.92 Å². The number of hydrogen-bond acceptors (Lipinski definition) is 3. The molecule has 4 heteroatoms. The average molecular weight is 280 g/mol. The molecule has 21 heavy (non-hydrogen) atoms. The van der Waals surface area contributed by atoms with Crippen LogP contribution in [0.1, 0.15) is 17.3 Å². The fourth-order valence-corrected chi connectivity index (χ4v) is 2.20. The first kappa shape index (κ1) is 13.2. The van der Waals surface area contributed by atoms with Crippen LogP contribution in [0.2, 0.25) is 0 Å². The average Bonchev–Trinajstić information content (AvgIpc) is 2.48. The molecule has 0 aliphatic rings. The maximum Gasteiger partial charge on any atom is 0.159 e. The Morgan fingerprint density at radius 2 is 2.00 bits per heavy atom. The molecule has 0 unspecified atom stereocenters. The summed E-state index contributed by atoms with van der Waals surface area (Å²) in [6.45, 7) is 1.52. The molecule has 1 N–H and O–H groups in total. The summed E-state index contributed by atoms with van der Waals surface area (Å²) >= 11 is 0. The molecule has 3 aromatic rings. The largest absolute Gasteiger partial charge is 0.355 e.